The topological polar surface area (TPSA) is 126 Å². The molecule has 0 fully saturated rings. The summed E-state index contributed by atoms with van der Waals surface area (Å²) in [6.07, 6.45) is 0. The van der Waals surface area contributed by atoms with Crippen molar-refractivity contribution in [1.29, 1.82) is 10.8 Å². The van der Waals surface area contributed by atoms with Crippen molar-refractivity contribution in [3.8, 4) is 0 Å². The zero-order valence-electron chi connectivity index (χ0n) is 9.50. The second kappa shape index (κ2) is 6.96. The monoisotopic (exact) mass is 244 g/mol. The summed E-state index contributed by atoms with van der Waals surface area (Å²) in [6.45, 7) is 1.66. The molecule has 0 aromatic carbocycles. The molecule has 0 aromatic rings. The Morgan fingerprint density at radius 3 is 2.31 bits per heavy atom. The molecule has 0 unspecified atom stereocenters. The third-order valence-corrected chi connectivity index (χ3v) is 2.08. The zero-order chi connectivity index (χ0) is 12.7. The van der Waals surface area contributed by atoms with E-state index in [1.54, 1.807) is 6.92 Å². The molecule has 0 aromatic heterocycles. The van der Waals surface area contributed by atoms with E-state index < -0.39 is 0 Å². The van der Waals surface area contributed by atoms with Crippen LogP contribution in [-0.4, -0.2) is 42.7 Å². The minimum atomic E-state index is -0.185. The Bertz CT molecular complexity index is 331. The lowest BCUT2D eigenvalue weighted by Crippen LogP contribution is -3.08. The minimum Gasteiger partial charge on any atom is -0.861 e. The number of nitrogens with zero attached hydrogens (tertiary/aromatic N) is 2. The maximum atomic E-state index is 10.1. The van der Waals surface area contributed by atoms with E-state index in [0.29, 0.717) is 11.6 Å². The Balaban J connectivity index is 0.000000288. The van der Waals surface area contributed by atoms with Gasteiger partial charge in [-0.1, -0.05) is 11.8 Å². The fraction of sp³-hybridized carbons (Fsp3) is 0.500. The molecule has 0 aliphatic carbocycles. The molecule has 8 heteroatoms. The van der Waals surface area contributed by atoms with E-state index in [9.17, 15) is 5.11 Å². The van der Waals surface area contributed by atoms with Crippen molar-refractivity contribution in [2.45, 2.75) is 6.92 Å². The van der Waals surface area contributed by atoms with Gasteiger partial charge in [0.05, 0.1) is 14.1 Å². The van der Waals surface area contributed by atoms with Crippen molar-refractivity contribution >= 4 is 34.6 Å². The van der Waals surface area contributed by atoms with Crippen molar-refractivity contribution in [2.75, 3.05) is 19.8 Å². The van der Waals surface area contributed by atoms with E-state index in [1.807, 2.05) is 14.1 Å². The normalized spacial score (nSPS) is 15.6. The summed E-state index contributed by atoms with van der Waals surface area (Å²) in [5.41, 5.74) is 5.23. The minimum absolute atomic E-state index is 0.144. The smallest absolute Gasteiger partial charge is 0.320 e. The van der Waals surface area contributed by atoms with Crippen LogP contribution in [0.4, 0.5) is 0 Å². The van der Waals surface area contributed by atoms with Gasteiger partial charge in [0.15, 0.2) is 5.17 Å². The average Bonchev–Trinajstić information content (AvgIpc) is 2.49. The van der Waals surface area contributed by atoms with Gasteiger partial charge in [-0.15, -0.1) is 0 Å². The van der Waals surface area contributed by atoms with Crippen LogP contribution in [0.15, 0.2) is 9.98 Å². The van der Waals surface area contributed by atoms with Crippen LogP contribution in [0.25, 0.3) is 0 Å². The van der Waals surface area contributed by atoms with E-state index >= 15 is 0 Å². The van der Waals surface area contributed by atoms with Crippen LogP contribution in [0, 0.1) is 10.8 Å². The number of aliphatic imine (C=N–C) groups is 2. The van der Waals surface area contributed by atoms with Crippen molar-refractivity contribution in [2.24, 2.45) is 15.7 Å². The standard InChI is InChI=1S/C5H12N4.C3H4N2OS/c1-4(6)8-5(7)9(2)3;4-3-5-2(6)1-7-3/h1-3H3,(H3,6,7,8);1H2,(H2,4,5,6). The second-order valence-electron chi connectivity index (χ2n) is 3.20. The van der Waals surface area contributed by atoms with Crippen molar-refractivity contribution in [3.05, 3.63) is 0 Å². The number of quaternary nitrogens is 1. The summed E-state index contributed by atoms with van der Waals surface area (Å²) in [5.74, 6) is 0.866. The highest BCUT2D eigenvalue weighted by Crippen LogP contribution is 2.08. The molecular weight excluding hydrogens is 228 g/mol. The highest BCUT2D eigenvalue weighted by atomic mass is 32.2. The number of amidine groups is 2. The van der Waals surface area contributed by atoms with Crippen LogP contribution in [-0.2, 0) is 0 Å². The maximum absolute atomic E-state index is 10.1. The lowest BCUT2D eigenvalue weighted by atomic mass is 10.7. The lowest BCUT2D eigenvalue weighted by molar-refractivity contribution is -0.760. The molecule has 0 saturated heterocycles. The number of hydrogen-bond acceptors (Lipinski definition) is 4. The summed E-state index contributed by atoms with van der Waals surface area (Å²) in [6, 6.07) is 0. The van der Waals surface area contributed by atoms with Crippen LogP contribution in [0.5, 0.6) is 0 Å². The molecule has 90 valence electrons. The van der Waals surface area contributed by atoms with Gasteiger partial charge < -0.3 is 10.8 Å². The SMILES string of the molecule is CC(N)=NC(=N)[NH+](C)C.N=C1N=C([O-])CS1. The van der Waals surface area contributed by atoms with Crippen LogP contribution in [0.2, 0.25) is 0 Å². The van der Waals surface area contributed by atoms with Crippen molar-refractivity contribution in [1.82, 2.24) is 0 Å². The summed E-state index contributed by atoms with van der Waals surface area (Å²) in [4.78, 5) is 7.89. The second-order valence-corrected chi connectivity index (χ2v) is 4.17. The number of thioether (sulfide) groups is 1. The molecule has 5 N–H and O–H groups in total. The lowest BCUT2D eigenvalue weighted by Gasteiger charge is -2.01. The molecule has 16 heavy (non-hydrogen) atoms. The summed E-state index contributed by atoms with van der Waals surface area (Å²) >= 11 is 1.17. The highest BCUT2D eigenvalue weighted by Gasteiger charge is 2.01. The summed E-state index contributed by atoms with van der Waals surface area (Å²) in [7, 11) is 3.66. The highest BCUT2D eigenvalue weighted by molar-refractivity contribution is 8.14. The fourth-order valence-corrected chi connectivity index (χ4v) is 1.09. The van der Waals surface area contributed by atoms with Gasteiger partial charge in [0.1, 0.15) is 5.84 Å². The quantitative estimate of drug-likeness (QED) is 0.287. The molecule has 0 atom stereocenters. The molecule has 1 aliphatic rings. The van der Waals surface area contributed by atoms with Gasteiger partial charge in [-0.2, -0.15) is 4.99 Å². The third kappa shape index (κ3) is 6.96. The van der Waals surface area contributed by atoms with Gasteiger partial charge in [0.25, 0.3) is 0 Å². The van der Waals surface area contributed by atoms with Crippen molar-refractivity contribution in [3.63, 3.8) is 0 Å². The van der Waals surface area contributed by atoms with Crippen LogP contribution in [0.3, 0.4) is 0 Å². The van der Waals surface area contributed by atoms with Gasteiger partial charge >= 0.3 is 5.96 Å². The number of rotatable bonds is 0. The third-order valence-electron chi connectivity index (χ3n) is 1.32. The molecule has 1 rings (SSSR count). The van der Waals surface area contributed by atoms with Crippen LogP contribution >= 0.6 is 11.8 Å². The predicted molar refractivity (Wildman–Crippen MR) is 65.5 cm³/mol. The van der Waals surface area contributed by atoms with Gasteiger partial charge in [-0.25, -0.2) is 10.4 Å². The molecular formula is C8H16N6OS. The first-order valence-corrected chi connectivity index (χ1v) is 5.47. The first-order valence-electron chi connectivity index (χ1n) is 4.48. The molecule has 1 heterocycles. The number of hydrogen-bond donors (Lipinski definition) is 4. The van der Waals surface area contributed by atoms with Gasteiger partial charge in [0, 0.05) is 5.75 Å². The number of nitrogens with one attached hydrogen (secondary N) is 3. The Kier molecular flexibility index (Phi) is 6.35. The fourth-order valence-electron chi connectivity index (χ4n) is 0.596. The Morgan fingerprint density at radius 1 is 1.62 bits per heavy atom. The van der Waals surface area contributed by atoms with E-state index in [-0.39, 0.29) is 17.0 Å². The molecule has 0 radical (unpaired) electrons. The predicted octanol–water partition coefficient (Wildman–Crippen LogP) is -2.13. The Labute approximate surface area is 98.5 Å². The van der Waals surface area contributed by atoms with E-state index in [2.05, 4.69) is 9.98 Å². The Hall–Kier alpha value is -1.41. The van der Waals surface area contributed by atoms with Gasteiger partial charge in [0.2, 0.25) is 0 Å². The van der Waals surface area contributed by atoms with Crippen LogP contribution < -0.4 is 15.7 Å². The van der Waals surface area contributed by atoms with E-state index in [4.69, 9.17) is 16.6 Å². The molecule has 0 bridgehead atoms. The largest absolute Gasteiger partial charge is 0.861 e. The first kappa shape index (κ1) is 14.6. The maximum Gasteiger partial charge on any atom is 0.320 e. The van der Waals surface area contributed by atoms with Gasteiger partial charge in [-0.3, -0.25) is 10.3 Å². The number of nitrogens with two attached hydrogens (primary N) is 1. The zero-order valence-corrected chi connectivity index (χ0v) is 10.3. The Morgan fingerprint density at radius 2 is 2.19 bits per heavy atom. The van der Waals surface area contributed by atoms with Crippen molar-refractivity contribution < 1.29 is 10.0 Å². The molecule has 0 saturated carbocycles. The van der Waals surface area contributed by atoms with E-state index in [0.717, 1.165) is 4.90 Å². The van der Waals surface area contributed by atoms with E-state index in [1.165, 1.54) is 11.8 Å². The average molecular weight is 244 g/mol. The molecule has 1 aliphatic heterocycles. The molecule has 0 amide bonds. The molecule has 0 spiro atoms. The summed E-state index contributed by atoms with van der Waals surface area (Å²) in [5, 5.41) is 24.2. The summed E-state index contributed by atoms with van der Waals surface area (Å²) < 4.78 is 0. The number of guanidine groups is 1. The molecule has 7 nitrogen and oxygen atoms in total. The van der Waals surface area contributed by atoms with Crippen LogP contribution in [0.1, 0.15) is 6.92 Å². The first-order chi connectivity index (χ1) is 7.32. The van der Waals surface area contributed by atoms with Gasteiger partial charge in [-0.05, 0) is 12.8 Å².